The van der Waals surface area contributed by atoms with Crippen molar-refractivity contribution in [3.05, 3.63) is 71.3 Å². The van der Waals surface area contributed by atoms with E-state index in [-0.39, 0.29) is 18.3 Å². The Bertz CT molecular complexity index is 1480. The second-order valence-corrected chi connectivity index (χ2v) is 11.8. The maximum absolute atomic E-state index is 13.0. The Hall–Kier alpha value is -3.08. The zero-order chi connectivity index (χ0) is 25.3. The number of aryl methyl sites for hydroxylation is 1. The number of fused-ring (bicyclic) bond motifs is 1. The lowest BCUT2D eigenvalue weighted by Gasteiger charge is -2.41. The van der Waals surface area contributed by atoms with Gasteiger partial charge in [0.05, 0.1) is 4.90 Å². The molecule has 1 aliphatic rings. The van der Waals surface area contributed by atoms with E-state index in [0.29, 0.717) is 42.8 Å². The van der Waals surface area contributed by atoms with Gasteiger partial charge < -0.3 is 14.4 Å². The molecule has 1 amide bonds. The highest BCUT2D eigenvalue weighted by Gasteiger charge is 2.27. The van der Waals surface area contributed by atoms with E-state index in [1.807, 2.05) is 54.4 Å². The molecule has 0 spiro atoms. The highest BCUT2D eigenvalue weighted by atomic mass is 35.5. The summed E-state index contributed by atoms with van der Waals surface area (Å²) in [5.41, 5.74) is 2.00. The van der Waals surface area contributed by atoms with Crippen molar-refractivity contribution in [2.45, 2.75) is 30.8 Å². The zero-order valence-corrected chi connectivity index (χ0v) is 22.1. The molecule has 1 saturated heterocycles. The number of hydrogen-bond acceptors (Lipinski definition) is 6. The third kappa shape index (κ3) is 5.21. The summed E-state index contributed by atoms with van der Waals surface area (Å²) >= 11 is 7.31. The van der Waals surface area contributed by atoms with Gasteiger partial charge in [0.1, 0.15) is 0 Å². The Kier molecular flexibility index (Phi) is 6.92. The SMILES string of the molecule is CC1CN(c2ccc(S(=O)(=O)Nc3nccs3)cc2)CCN1C(=O)CCn1ccc2cc(Cl)ccc21.[HH]. The molecule has 0 radical (unpaired) electrons. The number of hydrogen-bond donors (Lipinski definition) is 1. The predicted octanol–water partition coefficient (Wildman–Crippen LogP) is 4.93. The molecule has 11 heteroatoms. The van der Waals surface area contributed by atoms with Crippen LogP contribution in [0.1, 0.15) is 14.8 Å². The van der Waals surface area contributed by atoms with Crippen molar-refractivity contribution in [3.8, 4) is 0 Å². The fourth-order valence-electron chi connectivity index (χ4n) is 4.57. The van der Waals surface area contributed by atoms with Crippen molar-refractivity contribution < 1.29 is 14.6 Å². The number of rotatable bonds is 7. The Morgan fingerprint density at radius 3 is 2.72 bits per heavy atom. The quantitative estimate of drug-likeness (QED) is 0.356. The average molecular weight is 546 g/mol. The van der Waals surface area contributed by atoms with Crippen LogP contribution < -0.4 is 9.62 Å². The minimum absolute atomic E-state index is 0. The molecule has 4 aromatic rings. The summed E-state index contributed by atoms with van der Waals surface area (Å²) in [6.07, 6.45) is 3.97. The molecular formula is C25H28ClN5O3S2. The first-order chi connectivity index (χ1) is 17.3. The van der Waals surface area contributed by atoms with Crippen LogP contribution in [0.25, 0.3) is 10.9 Å². The van der Waals surface area contributed by atoms with Crippen LogP contribution in [0.3, 0.4) is 0 Å². The number of carbonyl (C=O) groups excluding carboxylic acids is 1. The molecule has 1 N–H and O–H groups in total. The van der Waals surface area contributed by atoms with Gasteiger partial charge in [0.2, 0.25) is 5.91 Å². The summed E-state index contributed by atoms with van der Waals surface area (Å²) in [6, 6.07) is 14.6. The molecule has 0 aliphatic carbocycles. The van der Waals surface area contributed by atoms with Crippen molar-refractivity contribution in [3.63, 3.8) is 0 Å². The molecular weight excluding hydrogens is 518 g/mol. The summed E-state index contributed by atoms with van der Waals surface area (Å²) in [7, 11) is -3.68. The molecule has 2 aromatic heterocycles. The summed E-state index contributed by atoms with van der Waals surface area (Å²) in [4.78, 5) is 21.3. The first-order valence-electron chi connectivity index (χ1n) is 11.6. The van der Waals surface area contributed by atoms with Crippen LogP contribution >= 0.6 is 22.9 Å². The van der Waals surface area contributed by atoms with E-state index < -0.39 is 10.0 Å². The number of halogens is 1. The monoisotopic (exact) mass is 545 g/mol. The largest absolute Gasteiger partial charge is 0.368 e. The Balaban J connectivity index is 0.00000320. The standard InChI is InChI=1S/C25H26ClN5O3S2.H2/c1-18-17-30(21-3-5-22(6-4-21)36(33,34)28-25-27-10-15-35-25)13-14-31(18)24(32)9-12-29-11-8-19-16-20(26)2-7-23(19)29;/h2-8,10-11,15-16,18H,9,12-14,17H2,1H3,(H,27,28);1H. The Morgan fingerprint density at radius 2 is 2.00 bits per heavy atom. The number of sulfonamides is 1. The molecule has 5 rings (SSSR count). The summed E-state index contributed by atoms with van der Waals surface area (Å²) in [5.74, 6) is 0.132. The number of carbonyl (C=O) groups is 1. The highest BCUT2D eigenvalue weighted by molar-refractivity contribution is 7.93. The second kappa shape index (κ2) is 10.1. The topological polar surface area (TPSA) is 87.5 Å². The lowest BCUT2D eigenvalue weighted by molar-refractivity contribution is -0.133. The molecule has 3 heterocycles. The fraction of sp³-hybridized carbons (Fsp3) is 0.280. The van der Waals surface area contributed by atoms with Crippen LogP contribution in [-0.4, -0.2) is 54.5 Å². The highest BCUT2D eigenvalue weighted by Crippen LogP contribution is 2.24. The smallest absolute Gasteiger partial charge is 0.263 e. The zero-order valence-electron chi connectivity index (χ0n) is 19.7. The number of amides is 1. The number of anilines is 2. The molecule has 190 valence electrons. The van der Waals surface area contributed by atoms with Crippen molar-refractivity contribution in [1.82, 2.24) is 14.5 Å². The van der Waals surface area contributed by atoms with Gasteiger partial charge in [-0.2, -0.15) is 0 Å². The fourth-order valence-corrected chi connectivity index (χ4v) is 6.54. The maximum atomic E-state index is 13.0. The Labute approximate surface area is 220 Å². The van der Waals surface area contributed by atoms with E-state index in [1.54, 1.807) is 23.7 Å². The maximum Gasteiger partial charge on any atom is 0.263 e. The molecule has 1 aliphatic heterocycles. The number of piperazine rings is 1. The molecule has 2 aromatic carbocycles. The number of thiazole rings is 1. The molecule has 0 saturated carbocycles. The number of aromatic nitrogens is 2. The van der Waals surface area contributed by atoms with Gasteiger partial charge in [-0.1, -0.05) is 11.6 Å². The van der Waals surface area contributed by atoms with E-state index in [1.165, 1.54) is 11.3 Å². The van der Waals surface area contributed by atoms with Crippen molar-refractivity contribution >= 4 is 60.6 Å². The van der Waals surface area contributed by atoms with E-state index in [2.05, 4.69) is 19.2 Å². The first-order valence-corrected chi connectivity index (χ1v) is 14.4. The predicted molar refractivity (Wildman–Crippen MR) is 146 cm³/mol. The summed E-state index contributed by atoms with van der Waals surface area (Å²) in [6.45, 7) is 4.65. The van der Waals surface area contributed by atoms with E-state index in [0.717, 1.165) is 16.6 Å². The van der Waals surface area contributed by atoms with Gasteiger partial charge in [0.15, 0.2) is 5.13 Å². The van der Waals surface area contributed by atoms with Gasteiger partial charge in [-0.25, -0.2) is 13.4 Å². The second-order valence-electron chi connectivity index (χ2n) is 8.78. The van der Waals surface area contributed by atoms with Gasteiger partial charge in [-0.3, -0.25) is 9.52 Å². The van der Waals surface area contributed by atoms with Gasteiger partial charge in [-0.15, -0.1) is 11.3 Å². The third-order valence-electron chi connectivity index (χ3n) is 6.41. The van der Waals surface area contributed by atoms with E-state index in [4.69, 9.17) is 11.6 Å². The van der Waals surface area contributed by atoms with Gasteiger partial charge in [-0.05, 0) is 55.5 Å². The number of nitrogens with one attached hydrogen (secondary N) is 1. The summed E-state index contributed by atoms with van der Waals surface area (Å²) < 4.78 is 29.7. The lowest BCUT2D eigenvalue weighted by Crippen LogP contribution is -2.54. The molecule has 1 fully saturated rings. The molecule has 36 heavy (non-hydrogen) atoms. The summed E-state index contributed by atoms with van der Waals surface area (Å²) in [5, 5.41) is 3.81. The normalized spacial score (nSPS) is 16.4. The van der Waals surface area contributed by atoms with Crippen LogP contribution in [-0.2, 0) is 21.4 Å². The molecule has 1 atom stereocenters. The van der Waals surface area contributed by atoms with Crippen LogP contribution in [0.15, 0.2) is 71.2 Å². The van der Waals surface area contributed by atoms with Crippen LogP contribution in [0.2, 0.25) is 5.02 Å². The van der Waals surface area contributed by atoms with Crippen molar-refractivity contribution in [1.29, 1.82) is 0 Å². The Morgan fingerprint density at radius 1 is 1.19 bits per heavy atom. The van der Waals surface area contributed by atoms with Gasteiger partial charge in [0, 0.05) is 79.5 Å². The molecule has 8 nitrogen and oxygen atoms in total. The minimum atomic E-state index is -3.68. The number of benzene rings is 2. The average Bonchev–Trinajstić information content (AvgIpc) is 3.51. The van der Waals surface area contributed by atoms with Crippen molar-refractivity contribution in [2.75, 3.05) is 29.3 Å². The van der Waals surface area contributed by atoms with Crippen LogP contribution in [0.5, 0.6) is 0 Å². The van der Waals surface area contributed by atoms with Gasteiger partial charge >= 0.3 is 0 Å². The number of nitrogens with zero attached hydrogens (tertiary/aromatic N) is 4. The van der Waals surface area contributed by atoms with Gasteiger partial charge in [0.25, 0.3) is 10.0 Å². The third-order valence-corrected chi connectivity index (χ3v) is 8.82. The minimum Gasteiger partial charge on any atom is -0.368 e. The van der Waals surface area contributed by atoms with Crippen LogP contribution in [0, 0.1) is 0 Å². The lowest BCUT2D eigenvalue weighted by atomic mass is 10.1. The van der Waals surface area contributed by atoms with Crippen molar-refractivity contribution in [2.24, 2.45) is 0 Å². The molecule has 0 bridgehead atoms. The van der Waals surface area contributed by atoms with Crippen LogP contribution in [0.4, 0.5) is 10.8 Å². The van der Waals surface area contributed by atoms with E-state index >= 15 is 0 Å². The first kappa shape index (κ1) is 24.6. The van der Waals surface area contributed by atoms with E-state index in [9.17, 15) is 13.2 Å². The molecule has 1 unspecified atom stereocenters.